The molecule has 0 aliphatic heterocycles. The average molecular weight is 370 g/mol. The van der Waals surface area contributed by atoms with Crippen LogP contribution in [0.25, 0.3) is 10.2 Å². The number of fused-ring (bicyclic) bond motifs is 1. The molecule has 0 spiro atoms. The number of carbonyl (C=O) groups is 1. The number of amides is 1. The molecule has 26 heavy (non-hydrogen) atoms. The summed E-state index contributed by atoms with van der Waals surface area (Å²) in [7, 11) is 1.59. The van der Waals surface area contributed by atoms with Crippen LogP contribution < -0.4 is 15.0 Å². The van der Waals surface area contributed by atoms with Gasteiger partial charge in [0.15, 0.2) is 0 Å². The van der Waals surface area contributed by atoms with Crippen LogP contribution in [-0.2, 0) is 4.79 Å². The van der Waals surface area contributed by atoms with Crippen molar-refractivity contribution in [3.63, 3.8) is 0 Å². The molecule has 0 fully saturated rings. The van der Waals surface area contributed by atoms with Crippen molar-refractivity contribution in [2.24, 2.45) is 0 Å². The summed E-state index contributed by atoms with van der Waals surface area (Å²) in [6, 6.07) is 7.37. The number of aromatic nitrogens is 2. The number of ether oxygens (including phenoxy) is 1. The van der Waals surface area contributed by atoms with E-state index in [1.807, 2.05) is 36.1 Å². The van der Waals surface area contributed by atoms with Gasteiger partial charge in [-0.3, -0.25) is 4.79 Å². The third-order valence-electron chi connectivity index (χ3n) is 4.34. The second-order valence-corrected chi connectivity index (χ2v) is 7.13. The minimum Gasteiger partial charge on any atom is -0.495 e. The summed E-state index contributed by atoms with van der Waals surface area (Å²) in [6.45, 7) is 7.04. The van der Waals surface area contributed by atoms with Crippen LogP contribution in [0.4, 0.5) is 11.5 Å². The standard InChI is InChI=1S/C19H22N4O2S/c1-5-23(10-16(24)22-14-8-6-7-9-15(14)25-4)18-17-12(2)13(3)26-19(17)21-11-20-18/h6-9,11H,5,10H2,1-4H3,(H,22,24). The second kappa shape index (κ2) is 7.70. The maximum Gasteiger partial charge on any atom is 0.244 e. The average Bonchev–Trinajstić information content (AvgIpc) is 2.94. The number of para-hydroxylation sites is 2. The van der Waals surface area contributed by atoms with Crippen molar-refractivity contribution in [3.8, 4) is 5.75 Å². The summed E-state index contributed by atoms with van der Waals surface area (Å²) in [5, 5.41) is 3.95. The number of likely N-dealkylation sites (N-methyl/N-ethyl adjacent to an activating group) is 1. The lowest BCUT2D eigenvalue weighted by Crippen LogP contribution is -2.34. The zero-order valence-electron chi connectivity index (χ0n) is 15.4. The van der Waals surface area contributed by atoms with Gasteiger partial charge in [-0.1, -0.05) is 12.1 Å². The first-order valence-electron chi connectivity index (χ1n) is 8.43. The van der Waals surface area contributed by atoms with E-state index in [0.717, 1.165) is 16.0 Å². The molecular formula is C19H22N4O2S. The van der Waals surface area contributed by atoms with Crippen LogP contribution in [0.2, 0.25) is 0 Å². The molecule has 1 N–H and O–H groups in total. The predicted octanol–water partition coefficient (Wildman–Crippen LogP) is 3.78. The van der Waals surface area contributed by atoms with E-state index in [4.69, 9.17) is 4.74 Å². The lowest BCUT2D eigenvalue weighted by atomic mass is 10.2. The van der Waals surface area contributed by atoms with Gasteiger partial charge in [-0.25, -0.2) is 9.97 Å². The number of methoxy groups -OCH3 is 1. The molecule has 1 amide bonds. The molecule has 2 aromatic heterocycles. The zero-order chi connectivity index (χ0) is 18.7. The quantitative estimate of drug-likeness (QED) is 0.715. The number of aryl methyl sites for hydroxylation is 2. The third-order valence-corrected chi connectivity index (χ3v) is 5.46. The van der Waals surface area contributed by atoms with Crippen molar-refractivity contribution in [1.82, 2.24) is 9.97 Å². The van der Waals surface area contributed by atoms with Crippen LogP contribution in [0.3, 0.4) is 0 Å². The van der Waals surface area contributed by atoms with Crippen LogP contribution in [0.15, 0.2) is 30.6 Å². The number of rotatable bonds is 6. The minimum absolute atomic E-state index is 0.118. The first-order chi connectivity index (χ1) is 12.5. The van der Waals surface area contributed by atoms with Gasteiger partial charge < -0.3 is 15.0 Å². The van der Waals surface area contributed by atoms with Crippen LogP contribution >= 0.6 is 11.3 Å². The predicted molar refractivity (Wildman–Crippen MR) is 106 cm³/mol. The number of anilines is 2. The van der Waals surface area contributed by atoms with Crippen LogP contribution in [-0.4, -0.2) is 36.1 Å². The fourth-order valence-corrected chi connectivity index (χ4v) is 3.84. The van der Waals surface area contributed by atoms with E-state index in [2.05, 4.69) is 29.1 Å². The monoisotopic (exact) mass is 370 g/mol. The maximum absolute atomic E-state index is 12.6. The van der Waals surface area contributed by atoms with Crippen molar-refractivity contribution in [2.75, 3.05) is 30.4 Å². The molecule has 0 saturated carbocycles. The van der Waals surface area contributed by atoms with Gasteiger partial charge >= 0.3 is 0 Å². The molecule has 0 aliphatic carbocycles. The smallest absolute Gasteiger partial charge is 0.244 e. The first-order valence-corrected chi connectivity index (χ1v) is 9.25. The van der Waals surface area contributed by atoms with Gasteiger partial charge in [-0.2, -0.15) is 0 Å². The third kappa shape index (κ3) is 3.48. The Hall–Kier alpha value is -2.67. The van der Waals surface area contributed by atoms with E-state index in [0.29, 0.717) is 18.0 Å². The minimum atomic E-state index is -0.118. The highest BCUT2D eigenvalue weighted by atomic mass is 32.1. The lowest BCUT2D eigenvalue weighted by molar-refractivity contribution is -0.115. The zero-order valence-corrected chi connectivity index (χ0v) is 16.2. The Morgan fingerprint density at radius 3 is 2.77 bits per heavy atom. The highest BCUT2D eigenvalue weighted by molar-refractivity contribution is 7.18. The molecule has 0 bridgehead atoms. The van der Waals surface area contributed by atoms with Crippen LogP contribution in [0.5, 0.6) is 5.75 Å². The first kappa shape index (κ1) is 18.1. The Labute approximate surface area is 156 Å². The number of thiophene rings is 1. The molecular weight excluding hydrogens is 348 g/mol. The summed E-state index contributed by atoms with van der Waals surface area (Å²) in [5.41, 5.74) is 1.83. The molecule has 136 valence electrons. The van der Waals surface area contributed by atoms with Gasteiger partial charge in [0.1, 0.15) is 22.7 Å². The molecule has 0 atom stereocenters. The molecule has 1 aromatic carbocycles. The molecule has 3 rings (SSSR count). The molecule has 0 unspecified atom stereocenters. The largest absolute Gasteiger partial charge is 0.495 e. The SMILES string of the molecule is CCN(CC(=O)Nc1ccccc1OC)c1ncnc2sc(C)c(C)c12. The van der Waals surface area contributed by atoms with Gasteiger partial charge in [-0.05, 0) is 38.5 Å². The Morgan fingerprint density at radius 2 is 2.04 bits per heavy atom. The summed E-state index contributed by atoms with van der Waals surface area (Å²) in [6.07, 6.45) is 1.56. The van der Waals surface area contributed by atoms with E-state index in [1.54, 1.807) is 24.8 Å². The van der Waals surface area contributed by atoms with E-state index in [9.17, 15) is 4.79 Å². The topological polar surface area (TPSA) is 67.4 Å². The van der Waals surface area contributed by atoms with Crippen LogP contribution in [0.1, 0.15) is 17.4 Å². The summed E-state index contributed by atoms with van der Waals surface area (Å²) in [5.74, 6) is 1.32. The Kier molecular flexibility index (Phi) is 5.37. The van der Waals surface area contributed by atoms with Gasteiger partial charge in [-0.15, -0.1) is 11.3 Å². The summed E-state index contributed by atoms with van der Waals surface area (Å²) < 4.78 is 5.29. The number of nitrogens with zero attached hydrogens (tertiary/aromatic N) is 3. The number of hydrogen-bond donors (Lipinski definition) is 1. The van der Waals surface area contributed by atoms with E-state index < -0.39 is 0 Å². The highest BCUT2D eigenvalue weighted by Crippen LogP contribution is 2.34. The Morgan fingerprint density at radius 1 is 1.27 bits per heavy atom. The second-order valence-electron chi connectivity index (χ2n) is 5.92. The molecule has 7 heteroatoms. The lowest BCUT2D eigenvalue weighted by Gasteiger charge is -2.22. The highest BCUT2D eigenvalue weighted by Gasteiger charge is 2.19. The van der Waals surface area contributed by atoms with Gasteiger partial charge in [0, 0.05) is 11.4 Å². The van der Waals surface area contributed by atoms with Crippen molar-refractivity contribution >= 4 is 39.0 Å². The van der Waals surface area contributed by atoms with Crippen molar-refractivity contribution in [2.45, 2.75) is 20.8 Å². The fraction of sp³-hybridized carbons (Fsp3) is 0.316. The van der Waals surface area contributed by atoms with Crippen molar-refractivity contribution < 1.29 is 9.53 Å². The van der Waals surface area contributed by atoms with Gasteiger partial charge in [0.2, 0.25) is 5.91 Å². The van der Waals surface area contributed by atoms with E-state index in [-0.39, 0.29) is 12.5 Å². The van der Waals surface area contributed by atoms with Gasteiger partial charge in [0.05, 0.1) is 24.7 Å². The normalized spacial score (nSPS) is 10.8. The molecule has 0 saturated heterocycles. The van der Waals surface area contributed by atoms with E-state index >= 15 is 0 Å². The van der Waals surface area contributed by atoms with Gasteiger partial charge in [0.25, 0.3) is 0 Å². The fourth-order valence-electron chi connectivity index (χ4n) is 2.85. The maximum atomic E-state index is 12.6. The van der Waals surface area contributed by atoms with Crippen molar-refractivity contribution in [3.05, 3.63) is 41.0 Å². The molecule has 3 aromatic rings. The molecule has 0 aliphatic rings. The molecule has 0 radical (unpaired) electrons. The number of hydrogen-bond acceptors (Lipinski definition) is 6. The number of carbonyl (C=O) groups excluding carboxylic acids is 1. The summed E-state index contributed by atoms with van der Waals surface area (Å²) >= 11 is 1.65. The van der Waals surface area contributed by atoms with E-state index in [1.165, 1.54) is 10.4 Å². The molecule has 2 heterocycles. The summed E-state index contributed by atoms with van der Waals surface area (Å²) in [4.78, 5) is 25.6. The van der Waals surface area contributed by atoms with Crippen molar-refractivity contribution in [1.29, 1.82) is 0 Å². The number of benzene rings is 1. The Bertz CT molecular complexity index is 938. The Balaban J connectivity index is 1.85. The van der Waals surface area contributed by atoms with Crippen LogP contribution in [0, 0.1) is 13.8 Å². The molecule has 6 nitrogen and oxygen atoms in total. The number of nitrogens with one attached hydrogen (secondary N) is 1.